The molecule has 2 aliphatic heterocycles. The fourth-order valence-electron chi connectivity index (χ4n) is 6.14. The molecule has 5 rings (SSSR count). The van der Waals surface area contributed by atoms with Crippen molar-refractivity contribution in [3.05, 3.63) is 30.1 Å². The van der Waals surface area contributed by atoms with E-state index in [0.29, 0.717) is 12.5 Å². The van der Waals surface area contributed by atoms with Crippen molar-refractivity contribution in [3.8, 4) is 0 Å². The number of esters is 1. The number of nitrogens with zero attached hydrogens (tertiary/aromatic N) is 4. The van der Waals surface area contributed by atoms with E-state index < -0.39 is 6.10 Å². The molecule has 0 radical (unpaired) electrons. The second kappa shape index (κ2) is 7.61. The van der Waals surface area contributed by atoms with Gasteiger partial charge in [0, 0.05) is 62.9 Å². The van der Waals surface area contributed by atoms with Crippen LogP contribution < -0.4 is 4.90 Å². The molecule has 3 heterocycles. The largest absolute Gasteiger partial charge is 0.461 e. The van der Waals surface area contributed by atoms with E-state index in [1.165, 1.54) is 5.57 Å². The topological polar surface area (TPSA) is 78.8 Å². The van der Waals surface area contributed by atoms with Gasteiger partial charge in [-0.15, -0.1) is 0 Å². The molecule has 7 nitrogen and oxygen atoms in total. The summed E-state index contributed by atoms with van der Waals surface area (Å²) in [7, 11) is 0. The lowest BCUT2D eigenvalue weighted by Crippen LogP contribution is -2.55. The molecule has 162 valence electrons. The Morgan fingerprint density at radius 3 is 2.70 bits per heavy atom. The summed E-state index contributed by atoms with van der Waals surface area (Å²) in [6.45, 7) is 8.48. The number of piperazine rings is 1. The van der Waals surface area contributed by atoms with Crippen molar-refractivity contribution in [2.45, 2.75) is 45.3 Å². The van der Waals surface area contributed by atoms with Crippen LogP contribution in [0.5, 0.6) is 0 Å². The summed E-state index contributed by atoms with van der Waals surface area (Å²) in [5.41, 5.74) is 1.05. The Hall–Kier alpha value is -1.99. The normalized spacial score (nSPS) is 39.2. The van der Waals surface area contributed by atoms with Crippen molar-refractivity contribution in [1.29, 1.82) is 0 Å². The van der Waals surface area contributed by atoms with Gasteiger partial charge < -0.3 is 14.7 Å². The van der Waals surface area contributed by atoms with Gasteiger partial charge in [-0.25, -0.2) is 9.97 Å². The van der Waals surface area contributed by atoms with Gasteiger partial charge in [-0.1, -0.05) is 25.5 Å². The molecule has 3 fully saturated rings. The molecule has 1 aromatic heterocycles. The van der Waals surface area contributed by atoms with Crippen LogP contribution in [0.1, 0.15) is 33.1 Å². The Kier molecular flexibility index (Phi) is 5.06. The second-order valence-corrected chi connectivity index (χ2v) is 9.64. The SMILES string of the molecule is C[C@@H]1CCC=C2C[C@H]3OC(=O)[C@H](CN4CCN(c5ncccn5)CC4)[C@H]3[C@@H](O)[C@@]21C. The third-order valence-electron chi connectivity index (χ3n) is 8.23. The summed E-state index contributed by atoms with van der Waals surface area (Å²) in [4.78, 5) is 26.0. The number of aromatic nitrogens is 2. The number of rotatable bonds is 3. The molecule has 4 aliphatic rings. The Morgan fingerprint density at radius 2 is 1.97 bits per heavy atom. The van der Waals surface area contributed by atoms with E-state index in [0.717, 1.165) is 51.4 Å². The van der Waals surface area contributed by atoms with Crippen molar-refractivity contribution in [2.75, 3.05) is 37.6 Å². The summed E-state index contributed by atoms with van der Waals surface area (Å²) in [6.07, 6.45) is 8.04. The first-order chi connectivity index (χ1) is 14.5. The van der Waals surface area contributed by atoms with E-state index >= 15 is 0 Å². The quantitative estimate of drug-likeness (QED) is 0.600. The second-order valence-electron chi connectivity index (χ2n) is 9.64. The Morgan fingerprint density at radius 1 is 1.23 bits per heavy atom. The van der Waals surface area contributed by atoms with Crippen LogP contribution in [0.15, 0.2) is 30.1 Å². The van der Waals surface area contributed by atoms with E-state index in [2.05, 4.69) is 39.7 Å². The first-order valence-corrected chi connectivity index (χ1v) is 11.3. The number of hydrogen-bond acceptors (Lipinski definition) is 7. The molecule has 0 bridgehead atoms. The van der Waals surface area contributed by atoms with Gasteiger partial charge in [0.15, 0.2) is 0 Å². The number of allylic oxidation sites excluding steroid dienone is 1. The zero-order valence-electron chi connectivity index (χ0n) is 17.9. The highest BCUT2D eigenvalue weighted by molar-refractivity contribution is 5.76. The Balaban J connectivity index is 1.28. The van der Waals surface area contributed by atoms with Gasteiger partial charge in [0.2, 0.25) is 5.95 Å². The van der Waals surface area contributed by atoms with E-state index in [-0.39, 0.29) is 29.3 Å². The third kappa shape index (κ3) is 3.14. The lowest BCUT2D eigenvalue weighted by Gasteiger charge is -2.52. The minimum Gasteiger partial charge on any atom is -0.461 e. The maximum Gasteiger partial charge on any atom is 0.311 e. The van der Waals surface area contributed by atoms with E-state index in [9.17, 15) is 9.90 Å². The molecule has 1 aromatic rings. The molecule has 1 saturated carbocycles. The zero-order chi connectivity index (χ0) is 20.9. The molecule has 0 spiro atoms. The zero-order valence-corrected chi connectivity index (χ0v) is 17.9. The van der Waals surface area contributed by atoms with Gasteiger partial charge >= 0.3 is 5.97 Å². The standard InChI is InChI=1S/C23H32N4O3/c1-15-5-3-6-16-13-18-19(20(28)23(15,16)2)17(21(29)30-18)14-26-9-11-27(12-10-26)22-24-7-4-8-25-22/h4,6-8,15,17-20,28H,3,5,9-14H2,1-2H3/t15-,17-,18-,19-,20-,23-/m1/s1. The Labute approximate surface area is 178 Å². The van der Waals surface area contributed by atoms with Crippen LogP contribution in [-0.2, 0) is 9.53 Å². The van der Waals surface area contributed by atoms with Gasteiger partial charge in [-0.3, -0.25) is 9.69 Å². The van der Waals surface area contributed by atoms with Crippen LogP contribution in [-0.4, -0.2) is 70.9 Å². The van der Waals surface area contributed by atoms with Gasteiger partial charge in [-0.05, 0) is 24.8 Å². The van der Waals surface area contributed by atoms with E-state index in [1.54, 1.807) is 12.4 Å². The van der Waals surface area contributed by atoms with Crippen LogP contribution in [0, 0.1) is 23.2 Å². The maximum atomic E-state index is 12.8. The van der Waals surface area contributed by atoms with Crippen molar-refractivity contribution in [1.82, 2.24) is 14.9 Å². The maximum absolute atomic E-state index is 12.8. The van der Waals surface area contributed by atoms with Crippen LogP contribution in [0.3, 0.4) is 0 Å². The van der Waals surface area contributed by atoms with Crippen molar-refractivity contribution < 1.29 is 14.6 Å². The molecule has 0 aromatic carbocycles. The molecule has 1 N–H and O–H groups in total. The van der Waals surface area contributed by atoms with Gasteiger partial charge in [0.25, 0.3) is 0 Å². The summed E-state index contributed by atoms with van der Waals surface area (Å²) in [5, 5.41) is 11.5. The minimum atomic E-state index is -0.534. The van der Waals surface area contributed by atoms with Crippen LogP contribution in [0.4, 0.5) is 5.95 Å². The molecule has 7 heteroatoms. The first kappa shape index (κ1) is 19.9. The smallest absolute Gasteiger partial charge is 0.311 e. The number of aliphatic hydroxyl groups excluding tert-OH is 1. The number of hydrogen-bond donors (Lipinski definition) is 1. The summed E-state index contributed by atoms with van der Waals surface area (Å²) in [6, 6.07) is 1.83. The van der Waals surface area contributed by atoms with Gasteiger partial charge in [-0.2, -0.15) is 0 Å². The summed E-state index contributed by atoms with van der Waals surface area (Å²) >= 11 is 0. The molecule has 0 amide bonds. The number of carbonyl (C=O) groups excluding carboxylic acids is 1. The molecule has 2 aliphatic carbocycles. The average Bonchev–Trinajstić information content (AvgIpc) is 3.07. The van der Waals surface area contributed by atoms with Crippen LogP contribution in [0.2, 0.25) is 0 Å². The molecular formula is C23H32N4O3. The fraction of sp³-hybridized carbons (Fsp3) is 0.696. The number of fused-ring (bicyclic) bond motifs is 2. The van der Waals surface area contributed by atoms with Crippen molar-refractivity contribution >= 4 is 11.9 Å². The highest BCUT2D eigenvalue weighted by Crippen LogP contribution is 2.56. The first-order valence-electron chi connectivity index (χ1n) is 11.3. The lowest BCUT2D eigenvalue weighted by atomic mass is 9.55. The van der Waals surface area contributed by atoms with Gasteiger partial charge in [0.05, 0.1) is 12.0 Å². The Bertz CT molecular complexity index is 823. The van der Waals surface area contributed by atoms with Crippen LogP contribution >= 0.6 is 0 Å². The van der Waals surface area contributed by atoms with Crippen LogP contribution in [0.25, 0.3) is 0 Å². The number of aliphatic hydroxyl groups is 1. The molecular weight excluding hydrogens is 380 g/mol. The highest BCUT2D eigenvalue weighted by Gasteiger charge is 2.59. The van der Waals surface area contributed by atoms with Gasteiger partial charge in [0.1, 0.15) is 6.10 Å². The predicted molar refractivity (Wildman–Crippen MR) is 113 cm³/mol. The minimum absolute atomic E-state index is 0.115. The number of ether oxygens (including phenoxy) is 1. The monoisotopic (exact) mass is 412 g/mol. The number of carbonyl (C=O) groups is 1. The van der Waals surface area contributed by atoms with E-state index in [1.807, 2.05) is 6.07 Å². The predicted octanol–water partition coefficient (Wildman–Crippen LogP) is 1.88. The summed E-state index contributed by atoms with van der Waals surface area (Å²) in [5.74, 6) is 0.680. The number of anilines is 1. The highest BCUT2D eigenvalue weighted by atomic mass is 16.6. The third-order valence-corrected chi connectivity index (χ3v) is 8.23. The van der Waals surface area contributed by atoms with Crippen molar-refractivity contribution in [2.24, 2.45) is 23.2 Å². The summed E-state index contributed by atoms with van der Waals surface area (Å²) < 4.78 is 5.81. The fourth-order valence-corrected chi connectivity index (χ4v) is 6.14. The molecule has 2 saturated heterocycles. The van der Waals surface area contributed by atoms with E-state index in [4.69, 9.17) is 4.74 Å². The lowest BCUT2D eigenvalue weighted by molar-refractivity contribution is -0.145. The molecule has 6 atom stereocenters. The average molecular weight is 413 g/mol. The van der Waals surface area contributed by atoms with Crippen molar-refractivity contribution in [3.63, 3.8) is 0 Å². The molecule has 0 unspecified atom stereocenters. The molecule has 30 heavy (non-hydrogen) atoms.